The fourth-order valence-electron chi connectivity index (χ4n) is 4.48. The topological polar surface area (TPSA) is 20.2 Å². The van der Waals surface area contributed by atoms with Crippen LogP contribution in [0.4, 0.5) is 0 Å². The largest absolute Gasteiger partial charge is 0.507 e. The Kier molecular flexibility index (Phi) is 5.23. The molecule has 2 saturated carbocycles. The zero-order valence-corrected chi connectivity index (χ0v) is 13.8. The summed E-state index contributed by atoms with van der Waals surface area (Å²) in [5, 5.41) is 11.0. The first-order valence-corrected chi connectivity index (χ1v) is 9.26. The number of allylic oxidation sites excluding steroid dienone is 1. The predicted molar refractivity (Wildman–Crippen MR) is 93.7 cm³/mol. The van der Waals surface area contributed by atoms with E-state index in [-0.39, 0.29) is 0 Å². The first-order valence-electron chi connectivity index (χ1n) is 9.26. The Morgan fingerprint density at radius 1 is 0.864 bits per heavy atom. The lowest BCUT2D eigenvalue weighted by molar-refractivity contribution is 0.392. The molecule has 0 aromatic heterocycles. The monoisotopic (exact) mass is 298 g/mol. The predicted octanol–water partition coefficient (Wildman–Crippen LogP) is 6.22. The lowest BCUT2D eigenvalue weighted by Crippen LogP contribution is -2.10. The van der Waals surface area contributed by atoms with Crippen molar-refractivity contribution >= 4 is 0 Å². The molecule has 0 saturated heterocycles. The van der Waals surface area contributed by atoms with Crippen molar-refractivity contribution in [3.63, 3.8) is 0 Å². The van der Waals surface area contributed by atoms with Crippen LogP contribution in [0.2, 0.25) is 0 Å². The van der Waals surface area contributed by atoms with Crippen LogP contribution in [0, 0.1) is 0 Å². The van der Waals surface area contributed by atoms with Crippen molar-refractivity contribution in [2.24, 2.45) is 0 Å². The molecule has 0 radical (unpaired) electrons. The Morgan fingerprint density at radius 2 is 1.32 bits per heavy atom. The summed E-state index contributed by atoms with van der Waals surface area (Å²) in [7, 11) is 0. The van der Waals surface area contributed by atoms with Gasteiger partial charge in [0.1, 0.15) is 5.75 Å². The van der Waals surface area contributed by atoms with Crippen LogP contribution in [-0.2, 0) is 6.42 Å². The van der Waals surface area contributed by atoms with Gasteiger partial charge in [-0.15, -0.1) is 6.58 Å². The molecule has 0 aliphatic heterocycles. The van der Waals surface area contributed by atoms with Gasteiger partial charge < -0.3 is 5.11 Å². The zero-order valence-electron chi connectivity index (χ0n) is 13.8. The maximum Gasteiger partial charge on any atom is 0.122 e. The molecule has 1 nitrogen and oxygen atoms in total. The molecule has 1 aromatic rings. The molecule has 1 N–H and O–H groups in total. The lowest BCUT2D eigenvalue weighted by Gasteiger charge is -2.28. The molecular weight excluding hydrogens is 268 g/mol. The van der Waals surface area contributed by atoms with Gasteiger partial charge in [0.25, 0.3) is 0 Å². The Labute approximate surface area is 135 Å². The van der Waals surface area contributed by atoms with Crippen molar-refractivity contribution in [1.29, 1.82) is 0 Å². The molecule has 3 rings (SSSR count). The second-order valence-corrected chi connectivity index (χ2v) is 7.29. The van der Waals surface area contributed by atoms with Crippen LogP contribution >= 0.6 is 0 Å². The van der Waals surface area contributed by atoms with E-state index in [1.807, 2.05) is 6.08 Å². The fraction of sp³-hybridized carbons (Fsp3) is 0.619. The van der Waals surface area contributed by atoms with E-state index in [0.29, 0.717) is 17.6 Å². The molecule has 0 unspecified atom stereocenters. The average Bonchev–Trinajstić information content (AvgIpc) is 2.58. The van der Waals surface area contributed by atoms with Gasteiger partial charge in [0.15, 0.2) is 0 Å². The highest BCUT2D eigenvalue weighted by molar-refractivity contribution is 5.48. The number of benzene rings is 1. The van der Waals surface area contributed by atoms with Crippen molar-refractivity contribution in [1.82, 2.24) is 0 Å². The number of rotatable bonds is 4. The van der Waals surface area contributed by atoms with Crippen LogP contribution in [0.3, 0.4) is 0 Å². The third kappa shape index (κ3) is 3.39. The van der Waals surface area contributed by atoms with Gasteiger partial charge in [0.2, 0.25) is 0 Å². The van der Waals surface area contributed by atoms with Crippen molar-refractivity contribution < 1.29 is 5.11 Å². The number of phenols is 1. The third-order valence-corrected chi connectivity index (χ3v) is 5.70. The Bertz CT molecular complexity index is 466. The number of aromatic hydroxyl groups is 1. The summed E-state index contributed by atoms with van der Waals surface area (Å²) in [5.41, 5.74) is 3.81. The molecule has 0 amide bonds. The molecule has 1 heteroatoms. The van der Waals surface area contributed by atoms with Gasteiger partial charge in [-0.1, -0.05) is 56.7 Å². The molecule has 0 atom stereocenters. The van der Waals surface area contributed by atoms with Crippen molar-refractivity contribution in [3.05, 3.63) is 41.5 Å². The quantitative estimate of drug-likeness (QED) is 0.654. The second kappa shape index (κ2) is 7.35. The summed E-state index contributed by atoms with van der Waals surface area (Å²) < 4.78 is 0. The molecule has 2 aliphatic rings. The van der Waals surface area contributed by atoms with Gasteiger partial charge >= 0.3 is 0 Å². The normalized spacial score (nSPS) is 20.9. The van der Waals surface area contributed by atoms with Crippen molar-refractivity contribution in [3.8, 4) is 5.75 Å². The van der Waals surface area contributed by atoms with Crippen LogP contribution in [0.1, 0.15) is 92.7 Å². The van der Waals surface area contributed by atoms with Gasteiger partial charge in [0.05, 0.1) is 0 Å². The Balaban J connectivity index is 1.96. The summed E-state index contributed by atoms with van der Waals surface area (Å²) in [5.74, 6) is 1.77. The van der Waals surface area contributed by atoms with Gasteiger partial charge in [-0.2, -0.15) is 0 Å². The first kappa shape index (κ1) is 15.6. The van der Waals surface area contributed by atoms with E-state index < -0.39 is 0 Å². The van der Waals surface area contributed by atoms with E-state index in [0.717, 1.165) is 6.42 Å². The highest BCUT2D eigenvalue weighted by Crippen LogP contribution is 2.44. The van der Waals surface area contributed by atoms with Crippen molar-refractivity contribution in [2.75, 3.05) is 0 Å². The van der Waals surface area contributed by atoms with E-state index in [9.17, 15) is 5.11 Å². The van der Waals surface area contributed by atoms with Gasteiger partial charge in [-0.3, -0.25) is 0 Å². The second-order valence-electron chi connectivity index (χ2n) is 7.29. The van der Waals surface area contributed by atoms with Crippen LogP contribution < -0.4 is 0 Å². The minimum atomic E-state index is 0.570. The smallest absolute Gasteiger partial charge is 0.122 e. The highest BCUT2D eigenvalue weighted by Gasteiger charge is 2.25. The molecule has 0 spiro atoms. The molecule has 0 heterocycles. The molecule has 2 aliphatic carbocycles. The summed E-state index contributed by atoms with van der Waals surface area (Å²) >= 11 is 0. The van der Waals surface area contributed by atoms with Gasteiger partial charge in [0, 0.05) is 0 Å². The molecule has 120 valence electrons. The SMILES string of the molecule is C=CCc1cc(C2CCCCC2)c(O)c(C2CCCCC2)c1. The zero-order chi connectivity index (χ0) is 15.4. The molecular formula is C21H30O. The van der Waals surface area contributed by atoms with E-state index >= 15 is 0 Å². The first-order chi connectivity index (χ1) is 10.8. The van der Waals surface area contributed by atoms with E-state index in [1.165, 1.54) is 80.9 Å². The molecule has 2 fully saturated rings. The Hall–Kier alpha value is -1.24. The summed E-state index contributed by atoms with van der Waals surface area (Å²) in [6.45, 7) is 3.90. The fourth-order valence-corrected chi connectivity index (χ4v) is 4.48. The summed E-state index contributed by atoms with van der Waals surface area (Å²) in [6, 6.07) is 4.53. The molecule has 1 aromatic carbocycles. The molecule has 0 bridgehead atoms. The number of phenolic OH excluding ortho intramolecular Hbond substituents is 1. The van der Waals surface area contributed by atoms with Gasteiger partial charge in [-0.05, 0) is 60.6 Å². The minimum Gasteiger partial charge on any atom is -0.507 e. The average molecular weight is 298 g/mol. The van der Waals surface area contributed by atoms with Crippen LogP contribution in [0.25, 0.3) is 0 Å². The standard InChI is InChI=1S/C21H30O/c1-2-9-16-14-19(17-10-5-3-6-11-17)21(22)20(15-16)18-12-7-4-8-13-18/h2,14-15,17-18,22H,1,3-13H2. The third-order valence-electron chi connectivity index (χ3n) is 5.70. The van der Waals surface area contributed by atoms with Crippen molar-refractivity contribution in [2.45, 2.75) is 82.5 Å². The van der Waals surface area contributed by atoms with E-state index in [1.54, 1.807) is 0 Å². The summed E-state index contributed by atoms with van der Waals surface area (Å²) in [6.07, 6.45) is 15.9. The lowest BCUT2D eigenvalue weighted by atomic mass is 9.78. The van der Waals surface area contributed by atoms with E-state index in [2.05, 4.69) is 18.7 Å². The maximum absolute atomic E-state index is 11.0. The van der Waals surface area contributed by atoms with Crippen LogP contribution in [-0.4, -0.2) is 5.11 Å². The maximum atomic E-state index is 11.0. The number of hydrogen-bond acceptors (Lipinski definition) is 1. The van der Waals surface area contributed by atoms with Gasteiger partial charge in [-0.25, -0.2) is 0 Å². The van der Waals surface area contributed by atoms with Crippen LogP contribution in [0.5, 0.6) is 5.75 Å². The number of hydrogen-bond donors (Lipinski definition) is 1. The van der Waals surface area contributed by atoms with Crippen LogP contribution in [0.15, 0.2) is 24.8 Å². The Morgan fingerprint density at radius 3 is 1.73 bits per heavy atom. The minimum absolute atomic E-state index is 0.570. The summed E-state index contributed by atoms with van der Waals surface area (Å²) in [4.78, 5) is 0. The van der Waals surface area contributed by atoms with E-state index in [4.69, 9.17) is 0 Å². The highest BCUT2D eigenvalue weighted by atomic mass is 16.3. The molecule has 22 heavy (non-hydrogen) atoms.